The van der Waals surface area contributed by atoms with Crippen LogP contribution < -0.4 is 5.73 Å². The van der Waals surface area contributed by atoms with Gasteiger partial charge in [-0.3, -0.25) is 4.79 Å². The lowest BCUT2D eigenvalue weighted by atomic mass is 9.97. The van der Waals surface area contributed by atoms with E-state index in [0.29, 0.717) is 11.4 Å². The fourth-order valence-corrected chi connectivity index (χ4v) is 2.09. The molecule has 0 saturated heterocycles. The molecule has 1 aromatic rings. The Bertz CT molecular complexity index is 380. The summed E-state index contributed by atoms with van der Waals surface area (Å²) in [4.78, 5) is 15.6. The van der Waals surface area contributed by atoms with Crippen LogP contribution in [0.2, 0.25) is 0 Å². The first-order valence-electron chi connectivity index (χ1n) is 4.89. The van der Waals surface area contributed by atoms with Crippen LogP contribution in [-0.2, 0) is 9.53 Å². The molecule has 0 atom stereocenters. The molecule has 0 radical (unpaired) electrons. The van der Waals surface area contributed by atoms with E-state index in [0.717, 1.165) is 5.03 Å². The zero-order valence-electron chi connectivity index (χ0n) is 9.69. The van der Waals surface area contributed by atoms with E-state index in [2.05, 4.69) is 4.98 Å². The van der Waals surface area contributed by atoms with Gasteiger partial charge in [-0.05, 0) is 26.0 Å². The predicted octanol–water partition coefficient (Wildman–Crippen LogP) is 1.96. The van der Waals surface area contributed by atoms with Gasteiger partial charge in [0.15, 0.2) is 0 Å². The number of methoxy groups -OCH3 is 1. The van der Waals surface area contributed by atoms with Crippen molar-refractivity contribution in [3.8, 4) is 0 Å². The molecule has 0 aliphatic carbocycles. The van der Waals surface area contributed by atoms with Crippen molar-refractivity contribution in [2.24, 2.45) is 5.41 Å². The van der Waals surface area contributed by atoms with E-state index in [4.69, 9.17) is 10.5 Å². The van der Waals surface area contributed by atoms with Crippen LogP contribution in [0.25, 0.3) is 0 Å². The SMILES string of the molecule is COC(=O)C(C)(C)CSc1ncccc1N. The monoisotopic (exact) mass is 240 g/mol. The molecule has 0 aliphatic rings. The maximum Gasteiger partial charge on any atom is 0.312 e. The Labute approximate surface area is 99.6 Å². The fourth-order valence-electron chi connectivity index (χ4n) is 1.11. The first kappa shape index (κ1) is 12.8. The van der Waals surface area contributed by atoms with E-state index in [1.165, 1.54) is 18.9 Å². The second kappa shape index (κ2) is 5.21. The first-order valence-corrected chi connectivity index (χ1v) is 5.87. The number of carbonyl (C=O) groups excluding carboxylic acids is 1. The molecular formula is C11H16N2O2S. The molecule has 4 nitrogen and oxygen atoms in total. The van der Waals surface area contributed by atoms with E-state index in [-0.39, 0.29) is 5.97 Å². The average molecular weight is 240 g/mol. The Morgan fingerprint density at radius 1 is 1.62 bits per heavy atom. The van der Waals surface area contributed by atoms with E-state index >= 15 is 0 Å². The van der Waals surface area contributed by atoms with E-state index in [1.807, 2.05) is 13.8 Å². The third-order valence-corrected chi connectivity index (χ3v) is 3.59. The smallest absolute Gasteiger partial charge is 0.312 e. The van der Waals surface area contributed by atoms with Gasteiger partial charge in [0.05, 0.1) is 18.2 Å². The van der Waals surface area contributed by atoms with Crippen LogP contribution in [0.1, 0.15) is 13.8 Å². The van der Waals surface area contributed by atoms with E-state index in [9.17, 15) is 4.79 Å². The van der Waals surface area contributed by atoms with Crippen LogP contribution in [0.4, 0.5) is 5.69 Å². The molecule has 1 heterocycles. The number of thioether (sulfide) groups is 1. The van der Waals surface area contributed by atoms with Gasteiger partial charge in [0.2, 0.25) is 0 Å². The second-order valence-corrected chi connectivity index (χ2v) is 5.03. The maximum atomic E-state index is 11.5. The number of esters is 1. The van der Waals surface area contributed by atoms with Crippen molar-refractivity contribution in [2.75, 3.05) is 18.6 Å². The summed E-state index contributed by atoms with van der Waals surface area (Å²) < 4.78 is 4.73. The van der Waals surface area contributed by atoms with Crippen molar-refractivity contribution in [2.45, 2.75) is 18.9 Å². The van der Waals surface area contributed by atoms with Crippen LogP contribution in [0.15, 0.2) is 23.4 Å². The molecular weight excluding hydrogens is 224 g/mol. The quantitative estimate of drug-likeness (QED) is 0.643. The number of carbonyl (C=O) groups is 1. The largest absolute Gasteiger partial charge is 0.469 e. The number of hydrogen-bond acceptors (Lipinski definition) is 5. The zero-order valence-corrected chi connectivity index (χ0v) is 10.5. The molecule has 5 heteroatoms. The summed E-state index contributed by atoms with van der Waals surface area (Å²) in [6.45, 7) is 3.68. The van der Waals surface area contributed by atoms with Crippen molar-refractivity contribution >= 4 is 23.4 Å². The summed E-state index contributed by atoms with van der Waals surface area (Å²) in [7, 11) is 1.39. The third-order valence-electron chi connectivity index (χ3n) is 2.11. The summed E-state index contributed by atoms with van der Waals surface area (Å²) in [5.74, 6) is 0.357. The summed E-state index contributed by atoms with van der Waals surface area (Å²) in [5.41, 5.74) is 5.85. The van der Waals surface area contributed by atoms with Crippen LogP contribution in [0.5, 0.6) is 0 Å². The van der Waals surface area contributed by atoms with Crippen molar-refractivity contribution in [1.29, 1.82) is 0 Å². The Balaban J connectivity index is 2.65. The van der Waals surface area contributed by atoms with Gasteiger partial charge in [-0.2, -0.15) is 0 Å². The van der Waals surface area contributed by atoms with Crippen molar-refractivity contribution in [3.63, 3.8) is 0 Å². The third kappa shape index (κ3) is 3.13. The van der Waals surface area contributed by atoms with Gasteiger partial charge in [0.1, 0.15) is 5.03 Å². The number of ether oxygens (including phenoxy) is 1. The molecule has 0 amide bonds. The highest BCUT2D eigenvalue weighted by Gasteiger charge is 2.29. The molecule has 0 spiro atoms. The van der Waals surface area contributed by atoms with E-state index in [1.54, 1.807) is 18.3 Å². The molecule has 88 valence electrons. The van der Waals surface area contributed by atoms with Crippen molar-refractivity contribution in [3.05, 3.63) is 18.3 Å². The molecule has 0 fully saturated rings. The Kier molecular flexibility index (Phi) is 4.18. The molecule has 16 heavy (non-hydrogen) atoms. The molecule has 1 aromatic heterocycles. The molecule has 2 N–H and O–H groups in total. The highest BCUT2D eigenvalue weighted by molar-refractivity contribution is 7.99. The molecule has 0 unspecified atom stereocenters. The minimum absolute atomic E-state index is 0.227. The highest BCUT2D eigenvalue weighted by Crippen LogP contribution is 2.30. The van der Waals surface area contributed by atoms with Crippen LogP contribution in [0, 0.1) is 5.41 Å². The standard InChI is InChI=1S/C11H16N2O2S/c1-11(2,10(14)15-3)7-16-9-8(12)5-4-6-13-9/h4-6H,7,12H2,1-3H3. The predicted molar refractivity (Wildman–Crippen MR) is 65.2 cm³/mol. The van der Waals surface area contributed by atoms with Gasteiger partial charge in [-0.1, -0.05) is 0 Å². The minimum Gasteiger partial charge on any atom is -0.469 e. The first-order chi connectivity index (χ1) is 7.47. The number of nitrogen functional groups attached to an aromatic ring is 1. The van der Waals surface area contributed by atoms with Crippen molar-refractivity contribution < 1.29 is 9.53 Å². The molecule has 0 bridgehead atoms. The number of rotatable bonds is 4. The lowest BCUT2D eigenvalue weighted by molar-refractivity contribution is -0.149. The Morgan fingerprint density at radius 3 is 2.88 bits per heavy atom. The Hall–Kier alpha value is -1.23. The second-order valence-electron chi connectivity index (χ2n) is 4.06. The maximum absolute atomic E-state index is 11.5. The topological polar surface area (TPSA) is 65.2 Å². The van der Waals surface area contributed by atoms with Crippen LogP contribution in [-0.4, -0.2) is 23.8 Å². The summed E-state index contributed by atoms with van der Waals surface area (Å²) in [6, 6.07) is 3.57. The van der Waals surface area contributed by atoms with Gasteiger partial charge in [0.25, 0.3) is 0 Å². The number of pyridine rings is 1. The van der Waals surface area contributed by atoms with Crippen LogP contribution >= 0.6 is 11.8 Å². The van der Waals surface area contributed by atoms with Gasteiger partial charge in [-0.15, -0.1) is 11.8 Å². The van der Waals surface area contributed by atoms with Gasteiger partial charge in [0, 0.05) is 11.9 Å². The fraction of sp³-hybridized carbons (Fsp3) is 0.455. The van der Waals surface area contributed by atoms with E-state index < -0.39 is 5.41 Å². The number of nitrogens with zero attached hydrogens (tertiary/aromatic N) is 1. The van der Waals surface area contributed by atoms with Gasteiger partial charge < -0.3 is 10.5 Å². The summed E-state index contributed by atoms with van der Waals surface area (Å²) in [6.07, 6.45) is 1.68. The number of aromatic nitrogens is 1. The molecule has 0 aliphatic heterocycles. The lowest BCUT2D eigenvalue weighted by Crippen LogP contribution is -2.28. The van der Waals surface area contributed by atoms with Crippen molar-refractivity contribution in [1.82, 2.24) is 4.98 Å². The van der Waals surface area contributed by atoms with Crippen LogP contribution in [0.3, 0.4) is 0 Å². The Morgan fingerprint density at radius 2 is 2.31 bits per heavy atom. The molecule has 0 aromatic carbocycles. The van der Waals surface area contributed by atoms with Gasteiger partial charge in [-0.25, -0.2) is 4.98 Å². The molecule has 0 saturated carbocycles. The molecule has 1 rings (SSSR count). The normalized spacial score (nSPS) is 11.2. The summed E-state index contributed by atoms with van der Waals surface area (Å²) >= 11 is 1.46. The summed E-state index contributed by atoms with van der Waals surface area (Å²) in [5, 5.41) is 0.750. The van der Waals surface area contributed by atoms with Gasteiger partial charge >= 0.3 is 5.97 Å². The average Bonchev–Trinajstić information content (AvgIpc) is 2.27. The highest BCUT2D eigenvalue weighted by atomic mass is 32.2. The lowest BCUT2D eigenvalue weighted by Gasteiger charge is -2.20. The number of hydrogen-bond donors (Lipinski definition) is 1. The minimum atomic E-state index is -0.538. The number of nitrogens with two attached hydrogens (primary N) is 1. The zero-order chi connectivity index (χ0) is 12.2. The number of anilines is 1.